The quantitative estimate of drug-likeness (QED) is 0.668. The van der Waals surface area contributed by atoms with Gasteiger partial charge in [-0.05, 0) is 24.3 Å². The van der Waals surface area contributed by atoms with Crippen LogP contribution < -0.4 is 16.0 Å². The molecule has 0 fully saturated rings. The summed E-state index contributed by atoms with van der Waals surface area (Å²) in [5.74, 6) is 6.37. The molecule has 94 valence electrons. The largest absolute Gasteiger partial charge is 0.485 e. The van der Waals surface area contributed by atoms with E-state index in [0.29, 0.717) is 28.2 Å². The summed E-state index contributed by atoms with van der Waals surface area (Å²) in [6.07, 6.45) is 1.62. The minimum Gasteiger partial charge on any atom is -0.485 e. The van der Waals surface area contributed by atoms with Gasteiger partial charge in [0, 0.05) is 21.8 Å². The number of halogens is 2. The lowest BCUT2D eigenvalue weighted by molar-refractivity contribution is 0.306. The van der Waals surface area contributed by atoms with Gasteiger partial charge in [0.25, 0.3) is 0 Å². The second kappa shape index (κ2) is 5.91. The molecule has 0 atom stereocenters. The molecule has 1 aromatic heterocycles. The zero-order valence-corrected chi connectivity index (χ0v) is 10.9. The highest BCUT2D eigenvalue weighted by atomic mass is 35.5. The number of aromatic nitrogens is 1. The van der Waals surface area contributed by atoms with Gasteiger partial charge in [-0.15, -0.1) is 0 Å². The van der Waals surface area contributed by atoms with Crippen LogP contribution >= 0.6 is 23.2 Å². The molecule has 3 N–H and O–H groups in total. The van der Waals surface area contributed by atoms with Gasteiger partial charge in [-0.3, -0.25) is 0 Å². The summed E-state index contributed by atoms with van der Waals surface area (Å²) in [5.41, 5.74) is 3.31. The van der Waals surface area contributed by atoms with Crippen molar-refractivity contribution in [1.82, 2.24) is 4.98 Å². The number of nitrogens with one attached hydrogen (secondary N) is 1. The van der Waals surface area contributed by atoms with Crippen molar-refractivity contribution in [2.75, 3.05) is 5.43 Å². The Hall–Kier alpha value is -1.49. The summed E-state index contributed by atoms with van der Waals surface area (Å²) < 4.78 is 5.60. The molecule has 0 radical (unpaired) electrons. The van der Waals surface area contributed by atoms with Crippen molar-refractivity contribution in [3.63, 3.8) is 0 Å². The number of nitrogens with two attached hydrogens (primary N) is 1. The number of hydrogen-bond donors (Lipinski definition) is 2. The zero-order chi connectivity index (χ0) is 13.0. The maximum atomic E-state index is 6.05. The van der Waals surface area contributed by atoms with Gasteiger partial charge in [0.2, 0.25) is 0 Å². The van der Waals surface area contributed by atoms with Gasteiger partial charge in [0.15, 0.2) is 11.6 Å². The smallest absolute Gasteiger partial charge is 0.182 e. The van der Waals surface area contributed by atoms with E-state index in [9.17, 15) is 0 Å². The van der Waals surface area contributed by atoms with Crippen LogP contribution in [0.5, 0.6) is 5.75 Å². The second-order valence-electron chi connectivity index (χ2n) is 3.52. The summed E-state index contributed by atoms with van der Waals surface area (Å²) in [6, 6.07) is 8.78. The zero-order valence-electron chi connectivity index (χ0n) is 9.36. The van der Waals surface area contributed by atoms with Gasteiger partial charge in [0.1, 0.15) is 6.61 Å². The highest BCUT2D eigenvalue weighted by Crippen LogP contribution is 2.25. The molecule has 0 unspecified atom stereocenters. The van der Waals surface area contributed by atoms with Crippen molar-refractivity contribution in [3.8, 4) is 5.75 Å². The number of hydrazine groups is 1. The first-order valence-electron chi connectivity index (χ1n) is 5.19. The number of hydrogen-bond acceptors (Lipinski definition) is 4. The third-order valence-corrected chi connectivity index (χ3v) is 2.89. The van der Waals surface area contributed by atoms with Crippen LogP contribution in [0.25, 0.3) is 0 Å². The van der Waals surface area contributed by atoms with E-state index in [4.69, 9.17) is 33.8 Å². The molecular weight excluding hydrogens is 273 g/mol. The van der Waals surface area contributed by atoms with Crippen molar-refractivity contribution in [3.05, 3.63) is 52.1 Å². The standard InChI is InChI=1S/C12H11Cl2N3O/c13-9-4-3-8(10(14)6-9)7-18-11-2-1-5-16-12(11)17-15/h1-6H,7,15H2,(H,16,17). The summed E-state index contributed by atoms with van der Waals surface area (Å²) in [5, 5.41) is 1.16. The van der Waals surface area contributed by atoms with Crippen LogP contribution in [0.2, 0.25) is 10.0 Å². The minimum atomic E-state index is 0.316. The predicted octanol–water partition coefficient (Wildman–Crippen LogP) is 3.25. The van der Waals surface area contributed by atoms with Crippen molar-refractivity contribution in [1.29, 1.82) is 0 Å². The Bertz CT molecular complexity index is 549. The molecule has 4 nitrogen and oxygen atoms in total. The maximum Gasteiger partial charge on any atom is 0.182 e. The molecule has 6 heteroatoms. The van der Waals surface area contributed by atoms with Crippen LogP contribution in [0.4, 0.5) is 5.82 Å². The Balaban J connectivity index is 2.11. The number of rotatable bonds is 4. The molecule has 0 aliphatic rings. The normalized spacial score (nSPS) is 10.2. The fraction of sp³-hybridized carbons (Fsp3) is 0.0833. The topological polar surface area (TPSA) is 60.2 Å². The van der Waals surface area contributed by atoms with Crippen LogP contribution in [0.3, 0.4) is 0 Å². The van der Waals surface area contributed by atoms with Crippen LogP contribution in [0.15, 0.2) is 36.5 Å². The summed E-state index contributed by atoms with van der Waals surface area (Å²) in [4.78, 5) is 4.03. The van der Waals surface area contributed by atoms with E-state index in [1.807, 2.05) is 6.07 Å². The number of benzene rings is 1. The molecule has 0 aliphatic carbocycles. The van der Waals surface area contributed by atoms with E-state index >= 15 is 0 Å². The van der Waals surface area contributed by atoms with Gasteiger partial charge in [0.05, 0.1) is 0 Å². The van der Waals surface area contributed by atoms with E-state index in [-0.39, 0.29) is 0 Å². The van der Waals surface area contributed by atoms with Crippen LogP contribution in [-0.4, -0.2) is 4.98 Å². The molecule has 0 amide bonds. The van der Waals surface area contributed by atoms with Gasteiger partial charge >= 0.3 is 0 Å². The number of anilines is 1. The van der Waals surface area contributed by atoms with E-state index in [1.165, 1.54) is 0 Å². The van der Waals surface area contributed by atoms with Gasteiger partial charge in [-0.25, -0.2) is 10.8 Å². The highest BCUT2D eigenvalue weighted by molar-refractivity contribution is 6.35. The van der Waals surface area contributed by atoms with Gasteiger partial charge < -0.3 is 10.2 Å². The summed E-state index contributed by atoms with van der Waals surface area (Å²) >= 11 is 11.9. The first-order chi connectivity index (χ1) is 8.70. The van der Waals surface area contributed by atoms with E-state index in [0.717, 1.165) is 5.56 Å². The lowest BCUT2D eigenvalue weighted by Crippen LogP contribution is -2.10. The molecule has 0 saturated heterocycles. The Labute approximate surface area is 115 Å². The van der Waals surface area contributed by atoms with Crippen molar-refractivity contribution in [2.45, 2.75) is 6.61 Å². The van der Waals surface area contributed by atoms with E-state index in [1.54, 1.807) is 30.5 Å². The fourth-order valence-corrected chi connectivity index (χ4v) is 1.87. The summed E-state index contributed by atoms with van der Waals surface area (Å²) in [7, 11) is 0. The predicted molar refractivity (Wildman–Crippen MR) is 72.8 cm³/mol. The van der Waals surface area contributed by atoms with Crippen LogP contribution in [0.1, 0.15) is 5.56 Å². The number of pyridine rings is 1. The molecular formula is C12H11Cl2N3O. The number of nitrogens with zero attached hydrogens (tertiary/aromatic N) is 1. The van der Waals surface area contributed by atoms with E-state index in [2.05, 4.69) is 10.4 Å². The molecule has 0 spiro atoms. The lowest BCUT2D eigenvalue weighted by atomic mass is 10.2. The first kappa shape index (κ1) is 13.0. The van der Waals surface area contributed by atoms with Crippen LogP contribution in [-0.2, 0) is 6.61 Å². The molecule has 2 rings (SSSR count). The summed E-state index contributed by atoms with van der Waals surface area (Å²) in [6.45, 7) is 0.316. The molecule has 0 aliphatic heterocycles. The van der Waals surface area contributed by atoms with Gasteiger partial charge in [-0.2, -0.15) is 0 Å². The van der Waals surface area contributed by atoms with E-state index < -0.39 is 0 Å². The third-order valence-electron chi connectivity index (χ3n) is 2.31. The Morgan fingerprint density at radius 1 is 1.28 bits per heavy atom. The highest BCUT2D eigenvalue weighted by Gasteiger charge is 2.05. The molecule has 1 aromatic carbocycles. The van der Waals surface area contributed by atoms with Crippen molar-refractivity contribution in [2.24, 2.45) is 5.84 Å². The molecule has 0 saturated carbocycles. The third kappa shape index (κ3) is 3.04. The monoisotopic (exact) mass is 283 g/mol. The Kier molecular flexibility index (Phi) is 4.25. The van der Waals surface area contributed by atoms with Crippen molar-refractivity contribution < 1.29 is 4.74 Å². The number of nitrogen functional groups attached to an aromatic ring is 1. The molecule has 0 bridgehead atoms. The maximum absolute atomic E-state index is 6.05. The Morgan fingerprint density at radius 3 is 2.83 bits per heavy atom. The molecule has 1 heterocycles. The lowest BCUT2D eigenvalue weighted by Gasteiger charge is -2.10. The second-order valence-corrected chi connectivity index (χ2v) is 4.36. The number of ether oxygens (including phenoxy) is 1. The Morgan fingerprint density at radius 2 is 2.11 bits per heavy atom. The molecule has 2 aromatic rings. The average Bonchev–Trinajstić information content (AvgIpc) is 2.38. The fourth-order valence-electron chi connectivity index (χ4n) is 1.41. The van der Waals surface area contributed by atoms with Crippen molar-refractivity contribution >= 4 is 29.0 Å². The van der Waals surface area contributed by atoms with Crippen LogP contribution in [0, 0.1) is 0 Å². The minimum absolute atomic E-state index is 0.316. The SMILES string of the molecule is NNc1ncccc1OCc1ccc(Cl)cc1Cl. The molecule has 18 heavy (non-hydrogen) atoms. The first-order valence-corrected chi connectivity index (χ1v) is 5.94. The van der Waals surface area contributed by atoms with Gasteiger partial charge in [-0.1, -0.05) is 29.3 Å². The average molecular weight is 284 g/mol.